The van der Waals surface area contributed by atoms with Gasteiger partial charge in [0.05, 0.1) is 25.7 Å². The van der Waals surface area contributed by atoms with Gasteiger partial charge in [-0.05, 0) is 25.8 Å². The van der Waals surface area contributed by atoms with Crippen LogP contribution in [0.15, 0.2) is 12.2 Å². The Hall–Kier alpha value is -0.290. The Bertz CT molecular complexity index is 336. The molecule has 0 radical (unpaired) electrons. The molecule has 18 heavy (non-hydrogen) atoms. The fourth-order valence-corrected chi connectivity index (χ4v) is 3.66. The zero-order valence-corrected chi connectivity index (χ0v) is 11.6. The van der Waals surface area contributed by atoms with Gasteiger partial charge in [-0.2, -0.15) is 8.78 Å². The van der Waals surface area contributed by atoms with Crippen LogP contribution in [-0.2, 0) is 18.3 Å². The average Bonchev–Trinajstić information content (AvgIpc) is 2.29. The molecule has 0 aliphatic carbocycles. The molecule has 0 saturated carbocycles. The van der Waals surface area contributed by atoms with Crippen molar-refractivity contribution in [1.29, 1.82) is 0 Å². The highest BCUT2D eigenvalue weighted by Crippen LogP contribution is 2.66. The predicted octanol–water partition coefficient (Wildman–Crippen LogP) is 3.44. The van der Waals surface area contributed by atoms with Crippen molar-refractivity contribution in [3.8, 4) is 0 Å². The molecule has 0 bridgehead atoms. The van der Waals surface area contributed by atoms with Crippen LogP contribution in [0.2, 0.25) is 0 Å². The summed E-state index contributed by atoms with van der Waals surface area (Å²) < 4.78 is 55.4. The van der Waals surface area contributed by atoms with Crippen molar-refractivity contribution < 1.29 is 27.1 Å². The maximum absolute atomic E-state index is 14.4. The summed E-state index contributed by atoms with van der Waals surface area (Å²) in [7, 11) is -4.48. The Morgan fingerprint density at radius 2 is 2.00 bits per heavy atom. The van der Waals surface area contributed by atoms with Gasteiger partial charge in [-0.25, -0.2) is 0 Å². The molecule has 1 fully saturated rings. The van der Waals surface area contributed by atoms with E-state index in [0.29, 0.717) is 0 Å². The van der Waals surface area contributed by atoms with Crippen LogP contribution in [0.1, 0.15) is 20.3 Å². The molecule has 0 amide bonds. The van der Waals surface area contributed by atoms with Gasteiger partial charge in [0.2, 0.25) is 0 Å². The second kappa shape index (κ2) is 6.24. The molecular weight excluding hydrogens is 265 g/mol. The largest absolute Gasteiger partial charge is 0.400 e. The van der Waals surface area contributed by atoms with E-state index in [1.807, 2.05) is 0 Å². The molecule has 0 aromatic heterocycles. The quantitative estimate of drug-likeness (QED) is 0.553. The summed E-state index contributed by atoms with van der Waals surface area (Å²) in [4.78, 5) is 0. The molecule has 1 unspecified atom stereocenters. The molecule has 1 rings (SSSR count). The number of hydrogen-bond donors (Lipinski definition) is 0. The molecule has 106 valence electrons. The fraction of sp³-hybridized carbons (Fsp3) is 0.818. The van der Waals surface area contributed by atoms with Crippen LogP contribution < -0.4 is 0 Å². The van der Waals surface area contributed by atoms with E-state index in [2.05, 4.69) is 6.58 Å². The third-order valence-corrected chi connectivity index (χ3v) is 4.95. The van der Waals surface area contributed by atoms with E-state index >= 15 is 0 Å². The summed E-state index contributed by atoms with van der Waals surface area (Å²) in [5, 5.41) is 0. The number of alkyl halides is 2. The van der Waals surface area contributed by atoms with Crippen molar-refractivity contribution in [1.82, 2.24) is 0 Å². The molecule has 0 N–H and O–H groups in total. The Labute approximate surface area is 106 Å². The van der Waals surface area contributed by atoms with Gasteiger partial charge in [0.1, 0.15) is 0 Å². The van der Waals surface area contributed by atoms with Crippen molar-refractivity contribution in [2.75, 3.05) is 26.4 Å². The minimum Gasteiger partial charge on any atom is -0.377 e. The van der Waals surface area contributed by atoms with Gasteiger partial charge >= 0.3 is 13.3 Å². The third-order valence-electron chi connectivity index (χ3n) is 2.71. The fourth-order valence-electron chi connectivity index (χ4n) is 1.87. The molecule has 0 aromatic rings. The van der Waals surface area contributed by atoms with E-state index in [4.69, 9.17) is 13.8 Å². The normalized spacial score (nSPS) is 22.2. The molecule has 1 heterocycles. The van der Waals surface area contributed by atoms with Crippen molar-refractivity contribution in [3.05, 3.63) is 12.2 Å². The maximum atomic E-state index is 14.4. The highest BCUT2D eigenvalue weighted by Gasteiger charge is 2.59. The van der Waals surface area contributed by atoms with Crippen LogP contribution in [0.5, 0.6) is 0 Å². The summed E-state index contributed by atoms with van der Waals surface area (Å²) in [6, 6.07) is 0. The van der Waals surface area contributed by atoms with Gasteiger partial charge in [-0.1, -0.05) is 6.58 Å². The van der Waals surface area contributed by atoms with Crippen molar-refractivity contribution in [2.24, 2.45) is 5.92 Å². The summed E-state index contributed by atoms with van der Waals surface area (Å²) >= 11 is 0. The lowest BCUT2D eigenvalue weighted by molar-refractivity contribution is -0.0303. The number of hydrogen-bond acceptors (Lipinski definition) is 4. The van der Waals surface area contributed by atoms with Gasteiger partial charge in [-0.3, -0.25) is 4.57 Å². The monoisotopic (exact) mass is 284 g/mol. The van der Waals surface area contributed by atoms with Gasteiger partial charge in [0.25, 0.3) is 0 Å². The van der Waals surface area contributed by atoms with Crippen LogP contribution in [-0.4, -0.2) is 32.1 Å². The van der Waals surface area contributed by atoms with Crippen LogP contribution in [0.3, 0.4) is 0 Å². The summed E-state index contributed by atoms with van der Waals surface area (Å²) in [6.45, 7) is 6.62. The lowest BCUT2D eigenvalue weighted by atomic mass is 9.96. The zero-order chi connectivity index (χ0) is 13.8. The van der Waals surface area contributed by atoms with Gasteiger partial charge in [0, 0.05) is 6.61 Å². The van der Waals surface area contributed by atoms with Gasteiger partial charge < -0.3 is 13.8 Å². The topological polar surface area (TPSA) is 44.8 Å². The van der Waals surface area contributed by atoms with Crippen molar-refractivity contribution in [2.45, 2.75) is 25.9 Å². The summed E-state index contributed by atoms with van der Waals surface area (Å²) in [5.41, 5.74) is -3.34. The minimum absolute atomic E-state index is 0.0541. The SMILES string of the molecule is C=C1COCCC1C(F)(F)P(=O)(OCC)OCC. The standard InChI is InChI=1S/C11H19F2O4P/c1-4-16-18(14,17-5-2)11(12,13)10-6-7-15-8-9(10)3/h10H,3-8H2,1-2H3. The van der Waals surface area contributed by atoms with Crippen LogP contribution in [0.25, 0.3) is 0 Å². The number of ether oxygens (including phenoxy) is 1. The van der Waals surface area contributed by atoms with E-state index in [1.54, 1.807) is 0 Å². The summed E-state index contributed by atoms with van der Waals surface area (Å²) in [6.07, 6.45) is 0.0654. The molecule has 1 saturated heterocycles. The lowest BCUT2D eigenvalue weighted by Crippen LogP contribution is -2.36. The van der Waals surface area contributed by atoms with Crippen molar-refractivity contribution >= 4 is 7.60 Å². The second-order valence-electron chi connectivity index (χ2n) is 3.97. The van der Waals surface area contributed by atoms with E-state index in [0.717, 1.165) is 0 Å². The maximum Gasteiger partial charge on any atom is 0.400 e. The Morgan fingerprint density at radius 1 is 1.44 bits per heavy atom. The molecule has 4 nitrogen and oxygen atoms in total. The first kappa shape index (κ1) is 15.8. The van der Waals surface area contributed by atoms with E-state index in [9.17, 15) is 13.3 Å². The smallest absolute Gasteiger partial charge is 0.377 e. The first-order valence-corrected chi connectivity index (χ1v) is 7.45. The van der Waals surface area contributed by atoms with Crippen LogP contribution in [0, 0.1) is 5.92 Å². The molecule has 1 aliphatic heterocycles. The number of rotatable bonds is 6. The Balaban J connectivity index is 2.99. The van der Waals surface area contributed by atoms with Crippen LogP contribution >= 0.6 is 7.60 Å². The minimum atomic E-state index is -4.48. The molecule has 1 atom stereocenters. The lowest BCUT2D eigenvalue weighted by Gasteiger charge is -2.35. The highest BCUT2D eigenvalue weighted by atomic mass is 31.2. The second-order valence-corrected chi connectivity index (χ2v) is 6.08. The van der Waals surface area contributed by atoms with Gasteiger partial charge in [-0.15, -0.1) is 0 Å². The Morgan fingerprint density at radius 3 is 2.44 bits per heavy atom. The molecule has 0 spiro atoms. The van der Waals surface area contributed by atoms with Crippen molar-refractivity contribution in [3.63, 3.8) is 0 Å². The first-order valence-electron chi connectivity index (χ1n) is 5.91. The predicted molar refractivity (Wildman–Crippen MR) is 63.9 cm³/mol. The summed E-state index contributed by atoms with van der Waals surface area (Å²) in [5.74, 6) is -1.23. The first-order chi connectivity index (χ1) is 8.39. The highest BCUT2D eigenvalue weighted by molar-refractivity contribution is 7.55. The average molecular weight is 284 g/mol. The molecular formula is C11H19F2O4P. The molecule has 7 heteroatoms. The van der Waals surface area contributed by atoms with E-state index in [1.165, 1.54) is 13.8 Å². The Kier molecular flexibility index (Phi) is 5.46. The zero-order valence-electron chi connectivity index (χ0n) is 10.7. The van der Waals surface area contributed by atoms with E-state index < -0.39 is 19.2 Å². The third kappa shape index (κ3) is 2.99. The van der Waals surface area contributed by atoms with Gasteiger partial charge in [0.15, 0.2) is 0 Å². The number of halogens is 2. The van der Waals surface area contributed by atoms with E-state index in [-0.39, 0.29) is 38.4 Å². The molecule has 0 aromatic carbocycles. The van der Waals surface area contributed by atoms with Crippen LogP contribution in [0.4, 0.5) is 8.78 Å². The molecule has 1 aliphatic rings.